The molecule has 1 aliphatic rings. The summed E-state index contributed by atoms with van der Waals surface area (Å²) in [5.74, 6) is 0.354. The van der Waals surface area contributed by atoms with Crippen LogP contribution in [0.5, 0.6) is 5.88 Å². The van der Waals surface area contributed by atoms with E-state index in [4.69, 9.17) is 9.84 Å². The monoisotopic (exact) mass is 313 g/mol. The Labute approximate surface area is 134 Å². The van der Waals surface area contributed by atoms with Crippen molar-refractivity contribution in [2.45, 2.75) is 19.4 Å². The second kappa shape index (κ2) is 7.09. The third-order valence-electron chi connectivity index (χ3n) is 4.03. The van der Waals surface area contributed by atoms with Gasteiger partial charge in [-0.05, 0) is 18.4 Å². The number of rotatable bonds is 5. The first kappa shape index (κ1) is 15.3. The van der Waals surface area contributed by atoms with Crippen LogP contribution >= 0.6 is 0 Å². The number of nitrogens with zero attached hydrogens (tertiary/aromatic N) is 3. The molecule has 2 heterocycles. The van der Waals surface area contributed by atoms with Crippen molar-refractivity contribution in [2.75, 3.05) is 18.0 Å². The van der Waals surface area contributed by atoms with Gasteiger partial charge < -0.3 is 14.7 Å². The minimum absolute atomic E-state index is 0.248. The molecule has 1 aromatic carbocycles. The standard InChI is InChI=1S/C17H19N3O3/c21-17(22)14-6-8-20(9-7-14)15-10-16(19-12-18-15)23-11-13-4-2-1-3-5-13/h1-5,10,12,14H,6-9,11H2,(H,21,22). The highest BCUT2D eigenvalue weighted by atomic mass is 16.5. The number of carboxylic acids is 1. The van der Waals surface area contributed by atoms with Crippen LogP contribution < -0.4 is 9.64 Å². The summed E-state index contributed by atoms with van der Waals surface area (Å²) in [4.78, 5) is 21.5. The maximum Gasteiger partial charge on any atom is 0.306 e. The number of anilines is 1. The lowest BCUT2D eigenvalue weighted by molar-refractivity contribution is -0.142. The molecule has 0 amide bonds. The van der Waals surface area contributed by atoms with Crippen LogP contribution in [0.3, 0.4) is 0 Å². The summed E-state index contributed by atoms with van der Waals surface area (Å²) in [5, 5.41) is 9.05. The van der Waals surface area contributed by atoms with Crippen LogP contribution in [0.4, 0.5) is 5.82 Å². The van der Waals surface area contributed by atoms with Crippen LogP contribution in [0.1, 0.15) is 18.4 Å². The summed E-state index contributed by atoms with van der Waals surface area (Å²) in [5.41, 5.74) is 1.08. The Hall–Kier alpha value is -2.63. The summed E-state index contributed by atoms with van der Waals surface area (Å²) < 4.78 is 5.71. The van der Waals surface area contributed by atoms with Gasteiger partial charge in [0.05, 0.1) is 5.92 Å². The van der Waals surface area contributed by atoms with E-state index < -0.39 is 5.97 Å². The number of ether oxygens (including phenoxy) is 1. The van der Waals surface area contributed by atoms with Crippen LogP contribution in [0.15, 0.2) is 42.7 Å². The largest absolute Gasteiger partial charge is 0.481 e. The SMILES string of the molecule is O=C(O)C1CCN(c2cc(OCc3ccccc3)ncn2)CC1. The minimum atomic E-state index is -0.709. The van der Waals surface area contributed by atoms with E-state index in [1.165, 1.54) is 6.33 Å². The van der Waals surface area contributed by atoms with Crippen molar-refractivity contribution in [2.24, 2.45) is 5.92 Å². The first-order chi connectivity index (χ1) is 11.2. The molecule has 23 heavy (non-hydrogen) atoms. The molecule has 6 heteroatoms. The molecule has 1 aliphatic heterocycles. The van der Waals surface area contributed by atoms with Gasteiger partial charge in [0.1, 0.15) is 18.8 Å². The quantitative estimate of drug-likeness (QED) is 0.913. The van der Waals surface area contributed by atoms with Crippen molar-refractivity contribution in [3.05, 3.63) is 48.3 Å². The zero-order valence-corrected chi connectivity index (χ0v) is 12.8. The van der Waals surface area contributed by atoms with E-state index >= 15 is 0 Å². The maximum absolute atomic E-state index is 11.0. The van der Waals surface area contributed by atoms with Crippen molar-refractivity contribution in [1.29, 1.82) is 0 Å². The molecule has 6 nitrogen and oxygen atoms in total. The Morgan fingerprint density at radius 1 is 1.22 bits per heavy atom. The molecule has 0 atom stereocenters. The molecule has 2 aromatic rings. The molecular formula is C17H19N3O3. The number of aliphatic carboxylic acids is 1. The second-order valence-corrected chi connectivity index (χ2v) is 5.59. The van der Waals surface area contributed by atoms with Crippen LogP contribution in [-0.4, -0.2) is 34.1 Å². The lowest BCUT2D eigenvalue weighted by Gasteiger charge is -2.30. The molecule has 120 valence electrons. The van der Waals surface area contributed by atoms with Gasteiger partial charge in [-0.25, -0.2) is 9.97 Å². The van der Waals surface area contributed by atoms with E-state index in [9.17, 15) is 4.79 Å². The van der Waals surface area contributed by atoms with Gasteiger partial charge in [0.25, 0.3) is 0 Å². The molecule has 0 unspecified atom stereocenters. The van der Waals surface area contributed by atoms with E-state index in [0.29, 0.717) is 38.4 Å². The molecule has 0 bridgehead atoms. The number of hydrogen-bond donors (Lipinski definition) is 1. The number of aromatic nitrogens is 2. The highest BCUT2D eigenvalue weighted by Gasteiger charge is 2.25. The van der Waals surface area contributed by atoms with E-state index in [1.807, 2.05) is 36.4 Å². The van der Waals surface area contributed by atoms with Crippen molar-refractivity contribution < 1.29 is 14.6 Å². The fraction of sp³-hybridized carbons (Fsp3) is 0.353. The molecule has 1 saturated heterocycles. The first-order valence-corrected chi connectivity index (χ1v) is 7.69. The van der Waals surface area contributed by atoms with E-state index in [1.54, 1.807) is 0 Å². The average molecular weight is 313 g/mol. The summed E-state index contributed by atoms with van der Waals surface area (Å²) >= 11 is 0. The van der Waals surface area contributed by atoms with Gasteiger partial charge in [0, 0.05) is 19.2 Å². The van der Waals surface area contributed by atoms with Gasteiger partial charge in [-0.2, -0.15) is 0 Å². The Bertz CT molecular complexity index is 655. The number of hydrogen-bond acceptors (Lipinski definition) is 5. The highest BCUT2D eigenvalue weighted by Crippen LogP contribution is 2.23. The number of benzene rings is 1. The fourth-order valence-corrected chi connectivity index (χ4v) is 2.67. The number of carboxylic acid groups (broad SMARTS) is 1. The van der Waals surface area contributed by atoms with Gasteiger partial charge >= 0.3 is 5.97 Å². The summed E-state index contributed by atoms with van der Waals surface area (Å²) in [7, 11) is 0. The first-order valence-electron chi connectivity index (χ1n) is 7.69. The Balaban J connectivity index is 1.60. The third kappa shape index (κ3) is 3.97. The zero-order valence-electron chi connectivity index (χ0n) is 12.8. The zero-order chi connectivity index (χ0) is 16.1. The van der Waals surface area contributed by atoms with Gasteiger partial charge in [-0.1, -0.05) is 30.3 Å². The topological polar surface area (TPSA) is 75.5 Å². The van der Waals surface area contributed by atoms with Gasteiger partial charge in [0.2, 0.25) is 5.88 Å². The molecule has 1 fully saturated rings. The minimum Gasteiger partial charge on any atom is -0.481 e. The second-order valence-electron chi connectivity index (χ2n) is 5.59. The summed E-state index contributed by atoms with van der Waals surface area (Å²) in [6.45, 7) is 1.83. The highest BCUT2D eigenvalue weighted by molar-refractivity contribution is 5.70. The molecule has 0 saturated carbocycles. The Morgan fingerprint density at radius 2 is 1.96 bits per heavy atom. The molecular weight excluding hydrogens is 294 g/mol. The van der Waals surface area contributed by atoms with Crippen LogP contribution in [0.2, 0.25) is 0 Å². The lowest BCUT2D eigenvalue weighted by atomic mass is 9.97. The number of piperidine rings is 1. The Morgan fingerprint density at radius 3 is 2.65 bits per heavy atom. The van der Waals surface area contributed by atoms with E-state index in [0.717, 1.165) is 11.4 Å². The van der Waals surface area contributed by atoms with Crippen molar-refractivity contribution in [1.82, 2.24) is 9.97 Å². The molecule has 0 radical (unpaired) electrons. The Kier molecular flexibility index (Phi) is 4.71. The van der Waals surface area contributed by atoms with E-state index in [2.05, 4.69) is 14.9 Å². The number of carbonyl (C=O) groups is 1. The van der Waals surface area contributed by atoms with Gasteiger partial charge in [-0.15, -0.1) is 0 Å². The van der Waals surface area contributed by atoms with Crippen molar-refractivity contribution >= 4 is 11.8 Å². The van der Waals surface area contributed by atoms with Crippen molar-refractivity contribution in [3.63, 3.8) is 0 Å². The summed E-state index contributed by atoms with van der Waals surface area (Å²) in [6.07, 6.45) is 2.76. The average Bonchev–Trinajstić information content (AvgIpc) is 2.61. The normalized spacial score (nSPS) is 15.4. The predicted octanol–water partition coefficient (Wildman–Crippen LogP) is 2.36. The molecule has 0 spiro atoms. The predicted molar refractivity (Wildman–Crippen MR) is 85.4 cm³/mol. The summed E-state index contributed by atoms with van der Waals surface area (Å²) in [6, 6.07) is 11.7. The van der Waals surface area contributed by atoms with Crippen LogP contribution in [0.25, 0.3) is 0 Å². The molecule has 3 rings (SSSR count). The van der Waals surface area contributed by atoms with Gasteiger partial charge in [-0.3, -0.25) is 4.79 Å². The molecule has 0 aliphatic carbocycles. The van der Waals surface area contributed by atoms with Crippen LogP contribution in [0, 0.1) is 5.92 Å². The maximum atomic E-state index is 11.0. The lowest BCUT2D eigenvalue weighted by Crippen LogP contribution is -2.36. The third-order valence-corrected chi connectivity index (χ3v) is 4.03. The smallest absolute Gasteiger partial charge is 0.306 e. The van der Waals surface area contributed by atoms with Gasteiger partial charge in [0.15, 0.2) is 0 Å². The molecule has 1 aromatic heterocycles. The fourth-order valence-electron chi connectivity index (χ4n) is 2.67. The molecule has 1 N–H and O–H groups in total. The van der Waals surface area contributed by atoms with Crippen LogP contribution in [-0.2, 0) is 11.4 Å². The van der Waals surface area contributed by atoms with E-state index in [-0.39, 0.29) is 5.92 Å². The van der Waals surface area contributed by atoms with Crippen molar-refractivity contribution in [3.8, 4) is 5.88 Å².